The Hall–Kier alpha value is -1.84. The molecule has 1 radical (unpaired) electrons. The number of rotatable bonds is 6. The number of fused-ring (bicyclic) bond motifs is 2. The number of likely N-dealkylation sites (N-methyl/N-ethyl adjacent to an activating group) is 2. The monoisotopic (exact) mass is 423 g/mol. The Morgan fingerprint density at radius 1 is 0.586 bits per heavy atom. The van der Waals surface area contributed by atoms with Crippen LogP contribution >= 0.6 is 0 Å². The summed E-state index contributed by atoms with van der Waals surface area (Å²) in [6.45, 7) is 2.24. The summed E-state index contributed by atoms with van der Waals surface area (Å²) in [6, 6.07) is 26.1. The van der Waals surface area contributed by atoms with E-state index in [1.54, 1.807) is 0 Å². The van der Waals surface area contributed by atoms with E-state index < -0.39 is 0 Å². The van der Waals surface area contributed by atoms with Gasteiger partial charge in [0.1, 0.15) is 0 Å². The maximum Gasteiger partial charge on any atom is 0 e. The summed E-state index contributed by atoms with van der Waals surface area (Å²) in [6.07, 6.45) is 2.28. The average molecular weight is 424 g/mol. The van der Waals surface area contributed by atoms with Crippen LogP contribution in [0.15, 0.2) is 72.8 Å². The summed E-state index contributed by atoms with van der Waals surface area (Å²) in [7, 11) is 8.46. The van der Waals surface area contributed by atoms with E-state index in [4.69, 9.17) is 0 Å². The quantitative estimate of drug-likeness (QED) is 0.387. The van der Waals surface area contributed by atoms with Crippen molar-refractivity contribution in [3.05, 3.63) is 83.9 Å². The summed E-state index contributed by atoms with van der Waals surface area (Å²) in [4.78, 5) is 4.45. The Morgan fingerprint density at radius 3 is 1.38 bits per heavy atom. The van der Waals surface area contributed by atoms with E-state index in [2.05, 4.69) is 111 Å². The van der Waals surface area contributed by atoms with Gasteiger partial charge in [0.15, 0.2) is 0 Å². The van der Waals surface area contributed by atoms with Crippen LogP contribution in [0.3, 0.4) is 0 Å². The molecule has 4 rings (SSSR count). The molecule has 0 atom stereocenters. The van der Waals surface area contributed by atoms with Crippen molar-refractivity contribution < 1.29 is 18.6 Å². The van der Waals surface area contributed by atoms with Crippen LogP contribution in [0.5, 0.6) is 0 Å². The molecule has 4 aromatic rings. The molecule has 2 nitrogen and oxygen atoms in total. The van der Waals surface area contributed by atoms with Crippen LogP contribution in [0.1, 0.15) is 11.1 Å². The van der Waals surface area contributed by atoms with Crippen molar-refractivity contribution in [2.75, 3.05) is 41.3 Å². The van der Waals surface area contributed by atoms with Gasteiger partial charge in [-0.25, -0.2) is 0 Å². The van der Waals surface area contributed by atoms with Gasteiger partial charge in [-0.3, -0.25) is 0 Å². The molecular weight excluding hydrogens is 391 g/mol. The van der Waals surface area contributed by atoms with Gasteiger partial charge in [0.2, 0.25) is 0 Å². The summed E-state index contributed by atoms with van der Waals surface area (Å²) in [5.41, 5.74) is 2.93. The van der Waals surface area contributed by atoms with Crippen LogP contribution in [-0.2, 0) is 31.4 Å². The molecule has 0 N–H and O–H groups in total. The minimum Gasteiger partial charge on any atom is -0.310 e. The fraction of sp³-hybridized carbons (Fsp3) is 0.308. The van der Waals surface area contributed by atoms with E-state index >= 15 is 0 Å². The van der Waals surface area contributed by atoms with Gasteiger partial charge >= 0.3 is 0 Å². The van der Waals surface area contributed by atoms with Crippen LogP contribution in [0.25, 0.3) is 21.5 Å². The van der Waals surface area contributed by atoms with Crippen molar-refractivity contribution >= 4 is 21.5 Å². The molecule has 29 heavy (non-hydrogen) atoms. The Morgan fingerprint density at radius 2 is 1.00 bits per heavy atom. The molecule has 0 amide bonds. The number of nitrogens with zero attached hydrogens (tertiary/aromatic N) is 2. The molecule has 0 aromatic heterocycles. The summed E-state index contributed by atoms with van der Waals surface area (Å²) in [5.74, 6) is 0. The third-order valence-electron chi connectivity index (χ3n) is 5.20. The molecular formula is C26H32N2V-2. The van der Waals surface area contributed by atoms with Crippen LogP contribution in [0, 0.1) is 0 Å². The smallest absolute Gasteiger partial charge is 0 e. The Balaban J connectivity index is 0.000000200. The largest absolute Gasteiger partial charge is 0.310 e. The summed E-state index contributed by atoms with van der Waals surface area (Å²) in [5, 5.41) is 5.55. The first kappa shape index (κ1) is 23.4. The molecule has 0 saturated carbocycles. The van der Waals surface area contributed by atoms with Gasteiger partial charge in [-0.15, -0.1) is 94.7 Å². The van der Waals surface area contributed by atoms with E-state index in [0.29, 0.717) is 0 Å². The molecule has 4 aromatic carbocycles. The second-order valence-corrected chi connectivity index (χ2v) is 8.00. The van der Waals surface area contributed by atoms with Crippen LogP contribution in [0.2, 0.25) is 0 Å². The van der Waals surface area contributed by atoms with E-state index in [1.807, 2.05) is 0 Å². The van der Waals surface area contributed by atoms with Gasteiger partial charge in [0, 0.05) is 18.6 Å². The second-order valence-electron chi connectivity index (χ2n) is 8.00. The zero-order chi connectivity index (χ0) is 19.9. The summed E-state index contributed by atoms with van der Waals surface area (Å²) < 4.78 is 0. The fourth-order valence-electron chi connectivity index (χ4n) is 3.55. The van der Waals surface area contributed by atoms with E-state index in [9.17, 15) is 0 Å². The number of hydrogen-bond donors (Lipinski definition) is 0. The minimum absolute atomic E-state index is 0. The van der Waals surface area contributed by atoms with Gasteiger partial charge < -0.3 is 9.80 Å². The molecule has 0 bridgehead atoms. The standard InChI is InChI=1S/2C13H16N.V/c2*1-14(2)10-9-12-8-7-11-5-3-4-6-13(11)12;/h2*3-8H,9-10H2,1-2H3;/q2*-1;. The number of hydrogen-bond acceptors (Lipinski definition) is 2. The third-order valence-corrected chi connectivity index (χ3v) is 5.20. The normalized spacial score (nSPS) is 11.0. The van der Waals surface area contributed by atoms with E-state index in [-0.39, 0.29) is 18.6 Å². The Labute approximate surface area is 187 Å². The third kappa shape index (κ3) is 6.59. The summed E-state index contributed by atoms with van der Waals surface area (Å²) >= 11 is 0. The first-order valence-electron chi connectivity index (χ1n) is 10.1. The fourth-order valence-corrected chi connectivity index (χ4v) is 3.55. The van der Waals surface area contributed by atoms with Gasteiger partial charge in [0.25, 0.3) is 0 Å². The SMILES string of the molecule is CN(C)CCc1cc[c-]2ccccc12.CN(C)CCc1cc[c-]2ccccc12.[V]. The van der Waals surface area contributed by atoms with Crippen molar-refractivity contribution in [1.82, 2.24) is 9.80 Å². The predicted molar refractivity (Wildman–Crippen MR) is 124 cm³/mol. The maximum absolute atomic E-state index is 2.24. The molecule has 153 valence electrons. The Bertz CT molecular complexity index is 912. The van der Waals surface area contributed by atoms with Gasteiger partial charge in [-0.1, -0.05) is 10.8 Å². The Kier molecular flexibility index (Phi) is 9.20. The van der Waals surface area contributed by atoms with Crippen molar-refractivity contribution in [2.45, 2.75) is 12.8 Å². The van der Waals surface area contributed by atoms with Gasteiger partial charge in [-0.2, -0.15) is 0 Å². The van der Waals surface area contributed by atoms with Gasteiger partial charge in [-0.05, 0) is 54.1 Å². The molecule has 0 saturated heterocycles. The minimum atomic E-state index is 0. The average Bonchev–Trinajstić information content (AvgIpc) is 3.29. The second kappa shape index (κ2) is 11.4. The molecule has 0 aliphatic carbocycles. The predicted octanol–water partition coefficient (Wildman–Crippen LogP) is 5.32. The molecule has 0 aliphatic rings. The molecule has 0 unspecified atom stereocenters. The van der Waals surface area contributed by atoms with Crippen LogP contribution in [-0.4, -0.2) is 51.1 Å². The van der Waals surface area contributed by atoms with E-state index in [1.165, 1.54) is 32.7 Å². The van der Waals surface area contributed by atoms with Crippen molar-refractivity contribution in [1.29, 1.82) is 0 Å². The molecule has 0 aliphatic heterocycles. The first-order valence-corrected chi connectivity index (χ1v) is 10.1. The molecule has 0 spiro atoms. The first-order chi connectivity index (χ1) is 13.5. The number of benzene rings is 2. The molecule has 0 heterocycles. The van der Waals surface area contributed by atoms with Crippen LogP contribution < -0.4 is 0 Å². The van der Waals surface area contributed by atoms with Crippen LogP contribution in [0.4, 0.5) is 0 Å². The zero-order valence-corrected chi connectivity index (χ0v) is 19.5. The van der Waals surface area contributed by atoms with E-state index in [0.717, 1.165) is 25.9 Å². The topological polar surface area (TPSA) is 6.48 Å². The van der Waals surface area contributed by atoms with Crippen molar-refractivity contribution in [2.24, 2.45) is 0 Å². The van der Waals surface area contributed by atoms with Crippen molar-refractivity contribution in [3.63, 3.8) is 0 Å². The van der Waals surface area contributed by atoms with Gasteiger partial charge in [0.05, 0.1) is 0 Å². The van der Waals surface area contributed by atoms with Crippen molar-refractivity contribution in [3.8, 4) is 0 Å². The molecule has 0 fully saturated rings. The maximum atomic E-state index is 2.24. The molecule has 3 heteroatoms. The zero-order valence-electron chi connectivity index (χ0n) is 18.1.